The standard InChI is InChI=1S/C31H26ClF2N9O2/c1-17(12-38-30(34)18(2)33)39-27-21(11-35)13-37-29-24(27)9-22(10-25(29)32)40-28(26-14-43(42-41-26)23-15-44-16-23)19-4-3-5-20(8-19)31-36-6-7-45-31/h3-10,12-14,23,28,40-42H,2,15-16H2,1H3,(H,37,39)/b17-12+,38-30+/t28-/m0/s1. The monoisotopic (exact) mass is 629 g/mol. The summed E-state index contributed by atoms with van der Waals surface area (Å²) >= 11 is 6.74. The molecule has 45 heavy (non-hydrogen) atoms. The highest BCUT2D eigenvalue weighted by atomic mass is 35.5. The van der Waals surface area contributed by atoms with Gasteiger partial charge in [-0.1, -0.05) is 30.3 Å². The van der Waals surface area contributed by atoms with Crippen LogP contribution in [0.15, 0.2) is 101 Å². The summed E-state index contributed by atoms with van der Waals surface area (Å²) in [6.45, 7) is 5.70. The molecule has 6 rings (SSSR count). The van der Waals surface area contributed by atoms with E-state index < -0.39 is 17.8 Å². The number of anilines is 2. The van der Waals surface area contributed by atoms with Crippen molar-refractivity contribution in [3.63, 3.8) is 0 Å². The van der Waals surface area contributed by atoms with Crippen molar-refractivity contribution in [3.05, 3.63) is 107 Å². The Morgan fingerprint density at radius 2 is 2.13 bits per heavy atom. The van der Waals surface area contributed by atoms with E-state index in [1.54, 1.807) is 19.2 Å². The third kappa shape index (κ3) is 6.34. The Bertz CT molecular complexity index is 1900. The van der Waals surface area contributed by atoms with Crippen molar-refractivity contribution < 1.29 is 17.9 Å². The number of pyridine rings is 1. The van der Waals surface area contributed by atoms with Crippen LogP contribution < -0.4 is 21.6 Å². The lowest BCUT2D eigenvalue weighted by atomic mass is 10.0. The normalized spacial score (nSPS) is 16.1. The number of hydrazine groups is 2. The predicted molar refractivity (Wildman–Crippen MR) is 167 cm³/mol. The lowest BCUT2D eigenvalue weighted by Gasteiger charge is -2.33. The van der Waals surface area contributed by atoms with Gasteiger partial charge in [0.1, 0.15) is 12.3 Å². The highest BCUT2D eigenvalue weighted by Gasteiger charge is 2.30. The summed E-state index contributed by atoms with van der Waals surface area (Å²) < 4.78 is 37.5. The van der Waals surface area contributed by atoms with Gasteiger partial charge in [-0.15, -0.1) is 5.53 Å². The van der Waals surface area contributed by atoms with Gasteiger partial charge in [0.05, 0.1) is 59.0 Å². The first-order chi connectivity index (χ1) is 21.8. The molecule has 2 aliphatic heterocycles. The molecule has 2 aromatic heterocycles. The Hall–Kier alpha value is -5.29. The van der Waals surface area contributed by atoms with Gasteiger partial charge in [-0.3, -0.25) is 9.99 Å². The summed E-state index contributed by atoms with van der Waals surface area (Å²) in [7, 11) is 0. The van der Waals surface area contributed by atoms with Crippen LogP contribution in [-0.2, 0) is 4.74 Å². The molecule has 2 aromatic carbocycles. The lowest BCUT2D eigenvalue weighted by molar-refractivity contribution is -0.0635. The predicted octanol–water partition coefficient (Wildman–Crippen LogP) is 6.26. The van der Waals surface area contributed by atoms with Crippen LogP contribution in [0.1, 0.15) is 24.1 Å². The van der Waals surface area contributed by atoms with E-state index in [4.69, 9.17) is 20.8 Å². The third-order valence-corrected chi connectivity index (χ3v) is 7.39. The van der Waals surface area contributed by atoms with Gasteiger partial charge in [-0.2, -0.15) is 9.65 Å². The second-order valence-electron chi connectivity index (χ2n) is 10.2. The number of nitrogens with one attached hydrogen (secondary N) is 4. The average molecular weight is 630 g/mol. The molecule has 0 saturated carbocycles. The fourth-order valence-corrected chi connectivity index (χ4v) is 5.08. The fourth-order valence-electron chi connectivity index (χ4n) is 4.81. The zero-order chi connectivity index (χ0) is 31.5. The van der Waals surface area contributed by atoms with E-state index in [1.807, 2.05) is 41.5 Å². The number of aliphatic imine (C=N–C) groups is 1. The Balaban J connectivity index is 1.40. The molecule has 0 radical (unpaired) electrons. The summed E-state index contributed by atoms with van der Waals surface area (Å²) in [6.07, 6.45) is 7.57. The number of fused-ring (bicyclic) bond motifs is 1. The van der Waals surface area contributed by atoms with E-state index in [-0.39, 0.29) is 11.6 Å². The molecule has 0 unspecified atom stereocenters. The molecule has 14 heteroatoms. The van der Waals surface area contributed by atoms with E-state index >= 15 is 0 Å². The molecular weight excluding hydrogens is 604 g/mol. The van der Waals surface area contributed by atoms with Crippen LogP contribution in [0.2, 0.25) is 5.02 Å². The molecule has 0 bridgehead atoms. The van der Waals surface area contributed by atoms with Gasteiger partial charge in [-0.05, 0) is 36.8 Å². The molecule has 1 atom stereocenters. The van der Waals surface area contributed by atoms with E-state index in [0.717, 1.165) is 23.0 Å². The molecule has 11 nitrogen and oxygen atoms in total. The first-order valence-electron chi connectivity index (χ1n) is 13.7. The van der Waals surface area contributed by atoms with Gasteiger partial charge in [0.15, 0.2) is 5.83 Å². The molecule has 4 heterocycles. The molecular formula is C31H26ClF2N9O2. The largest absolute Gasteiger partial charge is 0.445 e. The smallest absolute Gasteiger partial charge is 0.248 e. The second kappa shape index (κ2) is 12.7. The molecule has 4 N–H and O–H groups in total. The molecule has 1 saturated heterocycles. The average Bonchev–Trinajstić information content (AvgIpc) is 3.71. The van der Waals surface area contributed by atoms with Gasteiger partial charge in [0, 0.05) is 40.9 Å². The van der Waals surface area contributed by atoms with Gasteiger partial charge < -0.3 is 25.2 Å². The molecule has 0 amide bonds. The van der Waals surface area contributed by atoms with Crippen molar-refractivity contribution in [2.45, 2.75) is 19.0 Å². The minimum absolute atomic E-state index is 0.186. The number of aromatic nitrogens is 2. The molecule has 0 aliphatic carbocycles. The summed E-state index contributed by atoms with van der Waals surface area (Å²) in [5.41, 5.74) is 10.9. The summed E-state index contributed by atoms with van der Waals surface area (Å²) in [4.78, 5) is 12.1. The van der Waals surface area contributed by atoms with Crippen molar-refractivity contribution in [2.24, 2.45) is 4.99 Å². The van der Waals surface area contributed by atoms with Gasteiger partial charge >= 0.3 is 0 Å². The van der Waals surface area contributed by atoms with Crippen LogP contribution >= 0.6 is 11.6 Å². The first-order valence-corrected chi connectivity index (χ1v) is 14.1. The number of allylic oxidation sites excluding steroid dienone is 2. The maximum atomic E-state index is 13.6. The van der Waals surface area contributed by atoms with E-state index in [9.17, 15) is 14.0 Å². The summed E-state index contributed by atoms with van der Waals surface area (Å²) in [5.74, 6) is -2.16. The zero-order valence-corrected chi connectivity index (χ0v) is 24.6. The van der Waals surface area contributed by atoms with Crippen molar-refractivity contribution in [3.8, 4) is 17.5 Å². The maximum absolute atomic E-state index is 13.6. The molecule has 2 aliphatic rings. The highest BCUT2D eigenvalue weighted by Crippen LogP contribution is 2.37. The number of hydrogen-bond acceptors (Lipinski definition) is 11. The topological polar surface area (TPSA) is 136 Å². The van der Waals surface area contributed by atoms with Crippen LogP contribution in [0.25, 0.3) is 22.4 Å². The number of nitriles is 1. The molecule has 0 spiro atoms. The van der Waals surface area contributed by atoms with Crippen molar-refractivity contribution in [1.82, 2.24) is 25.9 Å². The van der Waals surface area contributed by atoms with E-state index in [2.05, 4.69) is 49.2 Å². The molecule has 228 valence electrons. The molecule has 1 fully saturated rings. The van der Waals surface area contributed by atoms with Crippen LogP contribution in [0.4, 0.5) is 20.2 Å². The Kier molecular flexibility index (Phi) is 8.43. The number of benzene rings is 2. The van der Waals surface area contributed by atoms with Crippen molar-refractivity contribution in [1.29, 1.82) is 5.26 Å². The van der Waals surface area contributed by atoms with Gasteiger partial charge in [0.25, 0.3) is 0 Å². The second-order valence-corrected chi connectivity index (χ2v) is 10.6. The summed E-state index contributed by atoms with van der Waals surface area (Å²) in [6, 6.07) is 13.2. The minimum atomic E-state index is -1.35. The number of hydrogen-bond donors (Lipinski definition) is 4. The van der Waals surface area contributed by atoms with Crippen LogP contribution in [-0.4, -0.2) is 40.2 Å². The van der Waals surface area contributed by atoms with Crippen molar-refractivity contribution >= 4 is 39.8 Å². The number of nitrogens with zero attached hydrogens (tertiary/aromatic N) is 5. The maximum Gasteiger partial charge on any atom is 0.248 e. The number of rotatable bonds is 10. The Labute approximate surface area is 261 Å². The zero-order valence-electron chi connectivity index (χ0n) is 23.8. The molecule has 4 aromatic rings. The highest BCUT2D eigenvalue weighted by molar-refractivity contribution is 6.35. The Morgan fingerprint density at radius 3 is 2.84 bits per heavy atom. The Morgan fingerprint density at radius 1 is 1.29 bits per heavy atom. The summed E-state index contributed by atoms with van der Waals surface area (Å²) in [5, 5.41) is 19.3. The first kappa shape index (κ1) is 29.8. The number of halogens is 3. The van der Waals surface area contributed by atoms with Gasteiger partial charge in [0.2, 0.25) is 11.9 Å². The third-order valence-electron chi connectivity index (χ3n) is 7.11. The van der Waals surface area contributed by atoms with Gasteiger partial charge in [-0.25, -0.2) is 14.4 Å². The number of ether oxygens (including phenoxy) is 1. The van der Waals surface area contributed by atoms with Crippen molar-refractivity contribution in [2.75, 3.05) is 23.8 Å². The number of oxazole rings is 1. The van der Waals surface area contributed by atoms with Crippen LogP contribution in [0, 0.1) is 11.3 Å². The van der Waals surface area contributed by atoms with Crippen LogP contribution in [0.3, 0.4) is 0 Å². The SMILES string of the molecule is C=C(F)/C(F)=N\C=C(/C)Nc1c(C#N)cnc2c(Cl)cc(N[C@H](C3=CN(C4COC4)NN3)c3cccc(-c4ncco4)c3)cc12. The minimum Gasteiger partial charge on any atom is -0.445 e. The van der Waals surface area contributed by atoms with E-state index in [1.165, 1.54) is 12.5 Å². The lowest BCUT2D eigenvalue weighted by Crippen LogP contribution is -2.52. The van der Waals surface area contributed by atoms with E-state index in [0.29, 0.717) is 52.1 Å². The fraction of sp³-hybridized carbons (Fsp3) is 0.161. The quantitative estimate of drug-likeness (QED) is 0.149. The van der Waals surface area contributed by atoms with Crippen LogP contribution in [0.5, 0.6) is 0 Å².